The zero-order chi connectivity index (χ0) is 81.8. The maximum absolute atomic E-state index is 8.12. The minimum Gasteiger partial charge on any atom is -0.378 e. The highest BCUT2D eigenvalue weighted by atomic mass is 79.9. The zero-order valence-electron chi connectivity index (χ0n) is 64.1. The monoisotopic (exact) mass is 1670 g/mol. The van der Waals surface area contributed by atoms with Crippen LogP contribution in [0.25, 0.3) is 33.1 Å². The standard InChI is InChI=1S/C36H32N4O.C27H21BrN2.C18H19N3O.C9H8BrN.4CO2/c1-27-17-18-33-32(25-27)35(28-19-20-37-34(26-28)39-21-23-41-24-22-39)38-40(33)36(29-11-5-2-6-12-29,30-13-7-3-8-14-30)31-15-9-4-10-16-31;1-20-17-18-25-24(19-20)26(28)29-30(25)27(21-11-5-2-6-12-21,22-13-7-3-8-14-22)23-15-9-4-10-16-23;1-13-2-3-15-12-20-18(16(15)10-13)14-4-5-19-17(11-14)21-6-8-22-9-7-21;1-6-2-3-7-5-11-9(10)8(7)4-6;4*2-1-3/h2-20,25-26H,21-24H2,1H3;2-19H,1H3;2-5,10-11H,6-9,12H2,1H3;2-4H,5H2,1H3;;;;. The van der Waals surface area contributed by atoms with E-state index in [4.69, 9.17) is 68.0 Å². The molecule has 0 saturated carbocycles. The number of benzene rings is 10. The first kappa shape index (κ1) is 83.7. The molecule has 4 aliphatic heterocycles. The lowest BCUT2D eigenvalue weighted by atomic mass is 9.77. The summed E-state index contributed by atoms with van der Waals surface area (Å²) >= 11 is 7.15. The number of aliphatic imine (C=N–C) groups is 2. The van der Waals surface area contributed by atoms with Crippen molar-refractivity contribution in [2.45, 2.75) is 51.9 Å². The second-order valence-electron chi connectivity index (χ2n) is 27.1. The first-order chi connectivity index (χ1) is 56.7. The van der Waals surface area contributed by atoms with E-state index in [-0.39, 0.29) is 24.6 Å². The van der Waals surface area contributed by atoms with Crippen LogP contribution >= 0.6 is 31.9 Å². The molecule has 2 saturated heterocycles. The number of anilines is 2. The molecular weight excluding hydrogens is 1590 g/mol. The predicted molar refractivity (Wildman–Crippen MR) is 450 cm³/mol. The van der Waals surface area contributed by atoms with Crippen molar-refractivity contribution < 1.29 is 47.8 Å². The van der Waals surface area contributed by atoms with Gasteiger partial charge >= 0.3 is 24.6 Å². The summed E-state index contributed by atoms with van der Waals surface area (Å²) in [5.74, 6) is 1.98. The Kier molecular flexibility index (Phi) is 29.6. The molecule has 0 N–H and O–H groups in total. The Morgan fingerprint density at radius 2 is 0.681 bits per heavy atom. The number of carbonyl (C=O) groups excluding carboxylic acids is 8. The Balaban J connectivity index is 0.000000155. The van der Waals surface area contributed by atoms with Crippen molar-refractivity contribution in [1.29, 1.82) is 0 Å². The van der Waals surface area contributed by atoms with E-state index in [0.717, 1.165) is 148 Å². The summed E-state index contributed by atoms with van der Waals surface area (Å²) in [7, 11) is 0. The van der Waals surface area contributed by atoms with Crippen molar-refractivity contribution in [2.75, 3.05) is 62.4 Å². The van der Waals surface area contributed by atoms with Crippen LogP contribution in [0.15, 0.2) is 306 Å². The molecule has 116 heavy (non-hydrogen) atoms. The lowest BCUT2D eigenvalue weighted by Gasteiger charge is -2.37. The normalized spacial score (nSPS) is 12.9. The van der Waals surface area contributed by atoms with Crippen LogP contribution in [0, 0.1) is 27.7 Å². The van der Waals surface area contributed by atoms with Gasteiger partial charge in [-0.3, -0.25) is 9.98 Å². The quantitative estimate of drug-likeness (QED) is 0.103. The fraction of sp³-hybridized carbons (Fsp3) is 0.170. The summed E-state index contributed by atoms with van der Waals surface area (Å²) < 4.78 is 17.3. The molecule has 0 unspecified atom stereocenters. The summed E-state index contributed by atoms with van der Waals surface area (Å²) in [6.07, 6.45) is 4.79. The van der Waals surface area contributed by atoms with Crippen LogP contribution in [-0.2, 0) is 72.0 Å². The van der Waals surface area contributed by atoms with Gasteiger partial charge < -0.3 is 19.3 Å². The Bertz CT molecular complexity index is 5600. The van der Waals surface area contributed by atoms with Gasteiger partial charge in [0.05, 0.1) is 56.3 Å². The van der Waals surface area contributed by atoms with Gasteiger partial charge in [0.2, 0.25) is 0 Å². The summed E-state index contributed by atoms with van der Waals surface area (Å²) in [4.78, 5) is 87.8. The predicted octanol–water partition coefficient (Wildman–Crippen LogP) is 16.9. The van der Waals surface area contributed by atoms with Crippen molar-refractivity contribution in [3.8, 4) is 11.3 Å². The van der Waals surface area contributed by atoms with E-state index in [1.807, 2.05) is 12.4 Å². The lowest BCUT2D eigenvalue weighted by molar-refractivity contribution is -0.193. The van der Waals surface area contributed by atoms with Crippen LogP contribution in [-0.4, -0.2) is 117 Å². The summed E-state index contributed by atoms with van der Waals surface area (Å²) in [6.45, 7) is 16.5. The highest BCUT2D eigenvalue weighted by molar-refractivity contribution is 9.18. The van der Waals surface area contributed by atoms with E-state index < -0.39 is 11.1 Å². The average Bonchev–Trinajstić information content (AvgIpc) is 1.48. The minimum absolute atomic E-state index is 0.250. The third-order valence-corrected chi connectivity index (χ3v) is 21.2. The van der Waals surface area contributed by atoms with Crippen molar-refractivity contribution in [2.24, 2.45) is 9.98 Å². The molecule has 0 bridgehead atoms. The van der Waals surface area contributed by atoms with E-state index in [0.29, 0.717) is 0 Å². The molecule has 18 rings (SSSR count). The number of fused-ring (bicyclic) bond motifs is 4. The molecule has 20 nitrogen and oxygen atoms in total. The number of pyridine rings is 2. The van der Waals surface area contributed by atoms with E-state index >= 15 is 0 Å². The van der Waals surface area contributed by atoms with Gasteiger partial charge in [-0.2, -0.15) is 48.6 Å². The molecule has 0 aliphatic carbocycles. The molecule has 0 spiro atoms. The van der Waals surface area contributed by atoms with Crippen LogP contribution in [0.1, 0.15) is 83.5 Å². The van der Waals surface area contributed by atoms with Gasteiger partial charge in [0, 0.05) is 71.6 Å². The third-order valence-electron chi connectivity index (χ3n) is 19.9. The van der Waals surface area contributed by atoms with E-state index in [1.165, 1.54) is 61.2 Å². The van der Waals surface area contributed by atoms with Gasteiger partial charge in [-0.05, 0) is 165 Å². The van der Waals surface area contributed by atoms with Gasteiger partial charge in [0.15, 0.2) is 0 Å². The van der Waals surface area contributed by atoms with Gasteiger partial charge in [0.1, 0.15) is 37.6 Å². The number of morpholine rings is 2. The largest absolute Gasteiger partial charge is 0.378 e. The molecule has 0 radical (unpaired) electrons. The number of ether oxygens (including phenoxy) is 2. The molecule has 22 heteroatoms. The number of hydrogen-bond acceptors (Lipinski definition) is 18. The Labute approximate surface area is 688 Å². The summed E-state index contributed by atoms with van der Waals surface area (Å²) in [6, 6.07) is 98.7. The van der Waals surface area contributed by atoms with Crippen molar-refractivity contribution >= 4 is 100 Å². The Morgan fingerprint density at radius 3 is 1.09 bits per heavy atom. The average molecular weight is 1670 g/mol. The van der Waals surface area contributed by atoms with Crippen LogP contribution < -0.4 is 9.80 Å². The first-order valence-corrected chi connectivity index (χ1v) is 38.8. The smallest absolute Gasteiger partial charge is 0.373 e. The molecule has 14 aromatic rings. The zero-order valence-corrected chi connectivity index (χ0v) is 67.3. The van der Waals surface area contributed by atoms with Gasteiger partial charge in [-0.1, -0.05) is 241 Å². The van der Waals surface area contributed by atoms with Crippen LogP contribution in [0.5, 0.6) is 0 Å². The minimum atomic E-state index is -0.699. The molecule has 4 aromatic heterocycles. The molecule has 4 aliphatic rings. The van der Waals surface area contributed by atoms with Crippen molar-refractivity contribution in [3.63, 3.8) is 0 Å². The molecule has 0 amide bonds. The number of hydrogen-bond donors (Lipinski definition) is 0. The highest BCUT2D eigenvalue weighted by Gasteiger charge is 2.43. The molecule has 10 aromatic carbocycles. The van der Waals surface area contributed by atoms with Gasteiger partial charge in [-0.15, -0.1) is 0 Å². The lowest BCUT2D eigenvalue weighted by Crippen LogP contribution is -2.38. The van der Waals surface area contributed by atoms with Crippen molar-refractivity contribution in [3.05, 3.63) is 380 Å². The number of halogens is 2. The van der Waals surface area contributed by atoms with Gasteiger partial charge in [-0.25, -0.2) is 19.3 Å². The van der Waals surface area contributed by atoms with Gasteiger partial charge in [0.25, 0.3) is 0 Å². The number of aromatic nitrogens is 6. The second kappa shape index (κ2) is 41.0. The number of aryl methyl sites for hydroxylation is 4. The number of nitrogens with zero attached hydrogens (tertiary/aromatic N) is 10. The van der Waals surface area contributed by atoms with Crippen LogP contribution in [0.3, 0.4) is 0 Å². The maximum atomic E-state index is 8.12. The molecule has 8 heterocycles. The SMILES string of the molecule is Cc1ccc2c(c1)C(Br)=NC2.Cc1ccc2c(c1)C(c1ccnc(N3CCOCC3)c1)=NC2.Cc1ccc2c(c1)c(-c1ccnc(N3CCOCC3)c1)nn2C(c1ccccc1)(c1ccccc1)c1ccccc1.Cc1ccc2c(c1)c(Br)nn2C(c1ccccc1)(c1ccccc1)c1ccccc1.O=C=O.O=C=O.O=C=O.O=C=O. The highest BCUT2D eigenvalue weighted by Crippen LogP contribution is 2.46. The third kappa shape index (κ3) is 19.2. The van der Waals surface area contributed by atoms with E-state index in [2.05, 4.69) is 368 Å². The number of rotatable bonds is 12. The van der Waals surface area contributed by atoms with E-state index in [9.17, 15) is 0 Å². The Hall–Kier alpha value is -13.2. The Morgan fingerprint density at radius 1 is 0.353 bits per heavy atom. The molecule has 2 fully saturated rings. The fourth-order valence-electron chi connectivity index (χ4n) is 14.8. The van der Waals surface area contributed by atoms with Crippen molar-refractivity contribution in [1.82, 2.24) is 29.5 Å². The second-order valence-corrected chi connectivity index (χ2v) is 28.6. The van der Waals surface area contributed by atoms with E-state index in [1.54, 1.807) is 0 Å². The fourth-order valence-corrected chi connectivity index (χ4v) is 15.8. The molecule has 580 valence electrons. The molecule has 0 atom stereocenters. The summed E-state index contributed by atoms with van der Waals surface area (Å²) in [5, 5.41) is 12.8. The molecular formula is C94H80Br2N10O10. The maximum Gasteiger partial charge on any atom is 0.373 e. The van der Waals surface area contributed by atoms with Crippen LogP contribution in [0.2, 0.25) is 0 Å². The van der Waals surface area contributed by atoms with Crippen LogP contribution in [0.4, 0.5) is 11.6 Å². The first-order valence-electron chi connectivity index (χ1n) is 37.2. The topological polar surface area (TPSA) is 248 Å². The summed E-state index contributed by atoms with van der Waals surface area (Å²) in [5.41, 5.74) is 22.2.